The van der Waals surface area contributed by atoms with Gasteiger partial charge < -0.3 is 58.0 Å². The van der Waals surface area contributed by atoms with Crippen LogP contribution in [0.1, 0.15) is 0 Å². The van der Waals surface area contributed by atoms with E-state index in [4.69, 9.17) is 42.6 Å². The Bertz CT molecular complexity index is 503. The first kappa shape index (κ1) is 22.7. The Labute approximate surface area is 173 Å². The summed E-state index contributed by atoms with van der Waals surface area (Å²) in [4.78, 5) is 0. The van der Waals surface area contributed by atoms with E-state index in [1.54, 1.807) is 0 Å². The van der Waals surface area contributed by atoms with E-state index in [1.807, 2.05) is 0 Å². The lowest BCUT2D eigenvalue weighted by atomic mass is 9.75. The zero-order chi connectivity index (χ0) is 21.1. The number of ether oxygens (including phenoxy) is 9. The third kappa shape index (κ3) is 3.31. The summed E-state index contributed by atoms with van der Waals surface area (Å²) < 4.78 is 54.5. The lowest BCUT2D eigenvalue weighted by Gasteiger charge is -2.60. The predicted octanol–water partition coefficient (Wildman–Crippen LogP) is -2.64. The number of fused-ring (bicyclic) bond motifs is 2. The van der Waals surface area contributed by atoms with Crippen LogP contribution in [0.25, 0.3) is 0 Å². The Kier molecular flexibility index (Phi) is 7.24. The lowest BCUT2D eigenvalue weighted by Crippen LogP contribution is -2.85. The van der Waals surface area contributed by atoms with Crippen LogP contribution in [0, 0.1) is 0 Å². The topological polar surface area (TPSA) is 144 Å². The molecule has 0 bridgehead atoms. The fourth-order valence-corrected chi connectivity index (χ4v) is 4.72. The maximum atomic E-state index is 9.40. The van der Waals surface area contributed by atoms with Crippen LogP contribution in [0.4, 0.5) is 0 Å². The second-order valence-electron chi connectivity index (χ2n) is 7.13. The zero-order valence-corrected chi connectivity index (χ0v) is 16.7. The number of hydrogen-bond donors (Lipinski definition) is 3. The van der Waals surface area contributed by atoms with Crippen molar-refractivity contribution < 1.29 is 58.0 Å². The van der Waals surface area contributed by atoms with Crippen LogP contribution in [0.3, 0.4) is 0 Å². The summed E-state index contributed by atoms with van der Waals surface area (Å²) in [5, 5.41) is 28.2. The molecule has 3 heterocycles. The molecule has 3 aliphatic heterocycles. The van der Waals surface area contributed by atoms with Crippen LogP contribution >= 0.6 is 0 Å². The first-order chi connectivity index (χ1) is 14.7. The third-order valence-electron chi connectivity index (χ3n) is 5.57. The Morgan fingerprint density at radius 2 is 0.933 bits per heavy atom. The van der Waals surface area contributed by atoms with Crippen molar-refractivity contribution in [2.45, 2.75) is 35.7 Å². The Hall–Kier alpha value is -0.480. The highest BCUT2D eigenvalue weighted by Crippen LogP contribution is 2.58. The SMILES string of the molecule is OCCOC1[C@@H](OCCO)C2(OCCO2)C2(OCCO2)C2(OCCO2)[C@H]1OCCO. The smallest absolute Gasteiger partial charge is 0.285 e. The molecule has 3 atom stereocenters. The molecule has 0 amide bonds. The predicted molar refractivity (Wildman–Crippen MR) is 94.4 cm³/mol. The number of rotatable bonds is 9. The second kappa shape index (κ2) is 9.57. The Balaban J connectivity index is 1.84. The average molecular weight is 438 g/mol. The maximum absolute atomic E-state index is 9.40. The van der Waals surface area contributed by atoms with Crippen LogP contribution < -0.4 is 0 Å². The van der Waals surface area contributed by atoms with Crippen molar-refractivity contribution in [2.75, 3.05) is 79.3 Å². The molecule has 12 nitrogen and oxygen atoms in total. The summed E-state index contributed by atoms with van der Waals surface area (Å²) >= 11 is 0. The third-order valence-corrected chi connectivity index (χ3v) is 5.57. The van der Waals surface area contributed by atoms with Crippen LogP contribution in [0.2, 0.25) is 0 Å². The van der Waals surface area contributed by atoms with Crippen molar-refractivity contribution in [1.82, 2.24) is 0 Å². The molecule has 1 saturated carbocycles. The van der Waals surface area contributed by atoms with Crippen molar-refractivity contribution in [3.63, 3.8) is 0 Å². The van der Waals surface area contributed by atoms with Gasteiger partial charge in [0.15, 0.2) is 0 Å². The molecule has 3 saturated heterocycles. The van der Waals surface area contributed by atoms with E-state index in [2.05, 4.69) is 0 Å². The number of aliphatic hydroxyl groups is 3. The molecular formula is C18H30O12. The van der Waals surface area contributed by atoms with Crippen molar-refractivity contribution in [2.24, 2.45) is 0 Å². The highest BCUT2D eigenvalue weighted by molar-refractivity contribution is 5.20. The number of aliphatic hydroxyl groups excluding tert-OH is 3. The molecule has 12 heteroatoms. The van der Waals surface area contributed by atoms with Gasteiger partial charge in [-0.25, -0.2) is 0 Å². The largest absolute Gasteiger partial charge is 0.394 e. The molecule has 4 aliphatic rings. The minimum atomic E-state index is -1.70. The molecule has 3 N–H and O–H groups in total. The van der Waals surface area contributed by atoms with Crippen LogP contribution in [0.15, 0.2) is 0 Å². The van der Waals surface area contributed by atoms with Gasteiger partial charge in [0, 0.05) is 0 Å². The minimum Gasteiger partial charge on any atom is -0.394 e. The summed E-state index contributed by atoms with van der Waals surface area (Å²) in [7, 11) is 0. The van der Waals surface area contributed by atoms with Crippen molar-refractivity contribution in [3.05, 3.63) is 0 Å². The molecule has 0 radical (unpaired) electrons. The fourth-order valence-electron chi connectivity index (χ4n) is 4.72. The van der Waals surface area contributed by atoms with Crippen molar-refractivity contribution in [1.29, 1.82) is 0 Å². The van der Waals surface area contributed by atoms with Crippen LogP contribution in [-0.2, 0) is 42.6 Å². The molecule has 4 fully saturated rings. The van der Waals surface area contributed by atoms with E-state index >= 15 is 0 Å². The monoisotopic (exact) mass is 438 g/mol. The molecular weight excluding hydrogens is 408 g/mol. The maximum Gasteiger partial charge on any atom is 0.285 e. The van der Waals surface area contributed by atoms with Gasteiger partial charge in [-0.05, 0) is 0 Å². The quantitative estimate of drug-likeness (QED) is 0.346. The van der Waals surface area contributed by atoms with Gasteiger partial charge in [-0.2, -0.15) is 0 Å². The van der Waals surface area contributed by atoms with Gasteiger partial charge in [-0.15, -0.1) is 0 Å². The van der Waals surface area contributed by atoms with Crippen molar-refractivity contribution >= 4 is 0 Å². The van der Waals surface area contributed by atoms with E-state index in [1.165, 1.54) is 0 Å². The van der Waals surface area contributed by atoms with Gasteiger partial charge in [0.2, 0.25) is 0 Å². The second-order valence-corrected chi connectivity index (χ2v) is 7.13. The summed E-state index contributed by atoms with van der Waals surface area (Å²) in [5.41, 5.74) is 0. The molecule has 174 valence electrons. The first-order valence-corrected chi connectivity index (χ1v) is 10.2. The van der Waals surface area contributed by atoms with E-state index < -0.39 is 35.7 Å². The highest BCUT2D eigenvalue weighted by atomic mass is 16.9. The lowest BCUT2D eigenvalue weighted by molar-refractivity contribution is -0.503. The Morgan fingerprint density at radius 3 is 1.33 bits per heavy atom. The van der Waals surface area contributed by atoms with Gasteiger partial charge in [0.1, 0.15) is 18.3 Å². The standard InChI is InChI=1S/C18H30O12/c19-1-4-22-13-14(23-5-2-20)16(25-7-8-26-16)18(29-11-12-30-18)17(27-9-10-28-17)15(13)24-6-3-21/h13-15,19-21H,1-12H2/t13?,14-,15+. The fraction of sp³-hybridized carbons (Fsp3) is 1.00. The molecule has 4 rings (SSSR count). The average Bonchev–Trinajstić information content (AvgIpc) is 3.52. The van der Waals surface area contributed by atoms with E-state index in [0.29, 0.717) is 0 Å². The van der Waals surface area contributed by atoms with Crippen LogP contribution in [0.5, 0.6) is 0 Å². The first-order valence-electron chi connectivity index (χ1n) is 10.2. The summed E-state index contributed by atoms with van der Waals surface area (Å²) in [6.45, 7) is 0.498. The van der Waals surface area contributed by atoms with Gasteiger partial charge in [-0.3, -0.25) is 0 Å². The van der Waals surface area contributed by atoms with Crippen LogP contribution in [-0.4, -0.2) is 130 Å². The molecule has 0 aromatic heterocycles. The Morgan fingerprint density at radius 1 is 0.567 bits per heavy atom. The van der Waals surface area contributed by atoms with E-state index in [9.17, 15) is 15.3 Å². The molecule has 30 heavy (non-hydrogen) atoms. The summed E-state index contributed by atoms with van der Waals surface area (Å²) in [6.07, 6.45) is -2.90. The number of hydrogen-bond acceptors (Lipinski definition) is 12. The van der Waals surface area contributed by atoms with Gasteiger partial charge in [0.05, 0.1) is 79.3 Å². The molecule has 0 aromatic carbocycles. The van der Waals surface area contributed by atoms with Gasteiger partial charge in [-0.1, -0.05) is 0 Å². The molecule has 3 spiro atoms. The van der Waals surface area contributed by atoms with E-state index in [0.717, 1.165) is 0 Å². The summed E-state index contributed by atoms with van der Waals surface area (Å²) in [5.74, 6) is -4.98. The zero-order valence-electron chi connectivity index (χ0n) is 16.7. The highest BCUT2D eigenvalue weighted by Gasteiger charge is 2.84. The molecule has 0 aromatic rings. The van der Waals surface area contributed by atoms with Gasteiger partial charge >= 0.3 is 0 Å². The van der Waals surface area contributed by atoms with Gasteiger partial charge in [0.25, 0.3) is 17.4 Å². The normalized spacial score (nSPS) is 33.9. The van der Waals surface area contributed by atoms with Crippen molar-refractivity contribution in [3.8, 4) is 0 Å². The molecule has 1 aliphatic carbocycles. The molecule has 1 unspecified atom stereocenters. The van der Waals surface area contributed by atoms with E-state index in [-0.39, 0.29) is 79.3 Å². The minimum absolute atomic E-state index is 0.0382. The summed E-state index contributed by atoms with van der Waals surface area (Å²) in [6, 6.07) is 0.